The Kier molecular flexibility index (Phi) is 6.23. The summed E-state index contributed by atoms with van der Waals surface area (Å²) in [4.78, 5) is 25.4. The molecule has 6 heteroatoms. The van der Waals surface area contributed by atoms with Gasteiger partial charge in [-0.3, -0.25) is 0 Å². The van der Waals surface area contributed by atoms with Gasteiger partial charge in [0, 0.05) is 16.6 Å². The van der Waals surface area contributed by atoms with Crippen molar-refractivity contribution in [2.24, 2.45) is 0 Å². The molecule has 2 N–H and O–H groups in total. The average Bonchev–Trinajstić information content (AvgIpc) is 3.19. The molecule has 4 aromatic rings. The molecule has 0 radical (unpaired) electrons. The second-order valence-corrected chi connectivity index (χ2v) is 9.21. The first-order valence-corrected chi connectivity index (χ1v) is 12.1. The van der Waals surface area contributed by atoms with E-state index in [2.05, 4.69) is 17.4 Å². The highest BCUT2D eigenvalue weighted by Gasteiger charge is 2.29. The van der Waals surface area contributed by atoms with Crippen LogP contribution in [0.3, 0.4) is 0 Å². The predicted octanol–water partition coefficient (Wildman–Crippen LogP) is 5.92. The van der Waals surface area contributed by atoms with E-state index >= 15 is 0 Å². The van der Waals surface area contributed by atoms with Crippen molar-refractivity contribution in [3.8, 4) is 11.1 Å². The lowest BCUT2D eigenvalue weighted by atomic mass is 9.98. The van der Waals surface area contributed by atoms with Gasteiger partial charge in [0.1, 0.15) is 12.6 Å². The summed E-state index contributed by atoms with van der Waals surface area (Å²) in [6.45, 7) is 0.142. The topological polar surface area (TPSA) is 75.6 Å². The Balaban J connectivity index is 1.24. The fraction of sp³-hybridized carbons (Fsp3) is 0.143. The van der Waals surface area contributed by atoms with E-state index in [4.69, 9.17) is 4.74 Å². The molecule has 170 valence electrons. The predicted molar refractivity (Wildman–Crippen MR) is 134 cm³/mol. The molecule has 0 saturated carbocycles. The van der Waals surface area contributed by atoms with Crippen LogP contribution in [-0.4, -0.2) is 35.6 Å². The molecular weight excluding hydrogens is 446 g/mol. The highest BCUT2D eigenvalue weighted by molar-refractivity contribution is 7.99. The van der Waals surface area contributed by atoms with Crippen LogP contribution in [0.2, 0.25) is 0 Å². The Morgan fingerprint density at radius 1 is 0.853 bits per heavy atom. The van der Waals surface area contributed by atoms with E-state index in [1.54, 1.807) is 0 Å². The lowest BCUT2D eigenvalue weighted by molar-refractivity contribution is -0.138. The van der Waals surface area contributed by atoms with Crippen molar-refractivity contribution in [3.63, 3.8) is 0 Å². The van der Waals surface area contributed by atoms with Crippen LogP contribution in [0.25, 0.3) is 21.9 Å². The Morgan fingerprint density at radius 3 is 2.18 bits per heavy atom. The summed E-state index contributed by atoms with van der Waals surface area (Å²) < 4.78 is 5.52. The van der Waals surface area contributed by atoms with E-state index in [1.165, 1.54) is 11.8 Å². The zero-order chi connectivity index (χ0) is 23.5. The fourth-order valence-electron chi connectivity index (χ4n) is 4.45. The van der Waals surface area contributed by atoms with Crippen LogP contribution in [0.15, 0.2) is 95.9 Å². The first kappa shape index (κ1) is 22.0. The van der Waals surface area contributed by atoms with E-state index in [-0.39, 0.29) is 18.3 Å². The number of hydrogen-bond acceptors (Lipinski definition) is 4. The van der Waals surface area contributed by atoms with E-state index in [1.807, 2.05) is 78.9 Å². The maximum Gasteiger partial charge on any atom is 0.407 e. The van der Waals surface area contributed by atoms with Crippen LogP contribution < -0.4 is 5.32 Å². The molecule has 0 unspecified atom stereocenters. The largest absolute Gasteiger partial charge is 0.480 e. The van der Waals surface area contributed by atoms with Gasteiger partial charge in [-0.1, -0.05) is 84.9 Å². The average molecular weight is 470 g/mol. The molecule has 4 aromatic carbocycles. The summed E-state index contributed by atoms with van der Waals surface area (Å²) in [6.07, 6.45) is -0.729. The third-order valence-electron chi connectivity index (χ3n) is 6.09. The monoisotopic (exact) mass is 469 g/mol. The van der Waals surface area contributed by atoms with Crippen LogP contribution in [0.4, 0.5) is 4.79 Å². The number of rotatable bonds is 7. The zero-order valence-electron chi connectivity index (χ0n) is 18.3. The van der Waals surface area contributed by atoms with Crippen LogP contribution in [0.1, 0.15) is 17.0 Å². The molecule has 0 bridgehead atoms. The zero-order valence-corrected chi connectivity index (χ0v) is 19.1. The van der Waals surface area contributed by atoms with Crippen LogP contribution in [-0.2, 0) is 9.53 Å². The summed E-state index contributed by atoms with van der Waals surface area (Å²) in [5.74, 6) is -0.985. The van der Waals surface area contributed by atoms with Gasteiger partial charge in [0.15, 0.2) is 0 Å². The fourth-order valence-corrected chi connectivity index (χ4v) is 5.54. The summed E-state index contributed by atoms with van der Waals surface area (Å²) in [5, 5.41) is 14.3. The first-order valence-electron chi connectivity index (χ1n) is 11.1. The molecule has 1 aliphatic carbocycles. The van der Waals surface area contributed by atoms with Gasteiger partial charge in [0.2, 0.25) is 0 Å². The second-order valence-electron chi connectivity index (χ2n) is 8.15. The number of aliphatic carboxylic acids is 1. The number of hydrogen-bond donors (Lipinski definition) is 2. The van der Waals surface area contributed by atoms with Crippen LogP contribution in [0, 0.1) is 0 Å². The minimum absolute atomic E-state index is 0.0773. The van der Waals surface area contributed by atoms with E-state index in [9.17, 15) is 14.7 Å². The van der Waals surface area contributed by atoms with E-state index in [0.717, 1.165) is 37.9 Å². The number of carbonyl (C=O) groups is 2. The Labute approximate surface area is 201 Å². The van der Waals surface area contributed by atoms with Gasteiger partial charge in [-0.25, -0.2) is 9.59 Å². The molecule has 34 heavy (non-hydrogen) atoms. The Morgan fingerprint density at radius 2 is 1.47 bits per heavy atom. The number of amides is 1. The molecular formula is C28H23NO4S. The van der Waals surface area contributed by atoms with Crippen molar-refractivity contribution in [2.45, 2.75) is 16.9 Å². The number of carboxylic acids is 1. The highest BCUT2D eigenvalue weighted by Crippen LogP contribution is 2.44. The number of benzene rings is 4. The van der Waals surface area contributed by atoms with Gasteiger partial charge in [0.05, 0.1) is 0 Å². The quantitative estimate of drug-likeness (QED) is 0.329. The maximum atomic E-state index is 12.6. The van der Waals surface area contributed by atoms with Crippen molar-refractivity contribution in [3.05, 3.63) is 102 Å². The molecule has 1 aliphatic rings. The van der Waals surface area contributed by atoms with Crippen molar-refractivity contribution >= 4 is 34.6 Å². The standard InChI is InChI=1S/C28H23NO4S/c30-27(31)25(17-34-26-15-7-9-18-8-1-2-10-19(18)26)29-28(32)33-16-24-22-13-5-3-11-20(22)21-12-4-6-14-23(21)24/h1-15,24-25H,16-17H2,(H,29,32)(H,30,31)/t25-/m0/s1. The van der Waals surface area contributed by atoms with Gasteiger partial charge >= 0.3 is 12.1 Å². The van der Waals surface area contributed by atoms with E-state index in [0.29, 0.717) is 0 Å². The molecule has 0 heterocycles. The van der Waals surface area contributed by atoms with Gasteiger partial charge in [0.25, 0.3) is 0 Å². The SMILES string of the molecule is O=C(N[C@@H](CSc1cccc2ccccc12)C(=O)O)OCC1c2ccccc2-c2ccccc21. The van der Waals surface area contributed by atoms with Crippen molar-refractivity contribution in [2.75, 3.05) is 12.4 Å². The van der Waals surface area contributed by atoms with Crippen LogP contribution >= 0.6 is 11.8 Å². The summed E-state index contributed by atoms with van der Waals surface area (Å²) in [5.41, 5.74) is 4.50. The number of nitrogens with one attached hydrogen (secondary N) is 1. The van der Waals surface area contributed by atoms with Gasteiger partial charge in [-0.05, 0) is 39.1 Å². The highest BCUT2D eigenvalue weighted by atomic mass is 32.2. The lowest BCUT2D eigenvalue weighted by Crippen LogP contribution is -2.43. The molecule has 5 nitrogen and oxygen atoms in total. The molecule has 0 spiro atoms. The summed E-state index contributed by atoms with van der Waals surface area (Å²) in [6, 6.07) is 29.0. The normalized spacial score (nSPS) is 13.2. The van der Waals surface area contributed by atoms with Gasteiger partial charge in [-0.15, -0.1) is 11.8 Å². The summed E-state index contributed by atoms with van der Waals surface area (Å²) >= 11 is 1.40. The third kappa shape index (κ3) is 4.37. The van der Waals surface area contributed by atoms with Gasteiger partial charge in [-0.2, -0.15) is 0 Å². The van der Waals surface area contributed by atoms with E-state index < -0.39 is 18.1 Å². The second kappa shape index (κ2) is 9.61. The molecule has 0 aromatic heterocycles. The molecule has 0 fully saturated rings. The third-order valence-corrected chi connectivity index (χ3v) is 7.26. The van der Waals surface area contributed by atoms with Gasteiger partial charge < -0.3 is 15.2 Å². The minimum Gasteiger partial charge on any atom is -0.480 e. The Hall–Kier alpha value is -3.77. The lowest BCUT2D eigenvalue weighted by Gasteiger charge is -2.17. The Bertz CT molecular complexity index is 1320. The molecule has 5 rings (SSSR count). The smallest absolute Gasteiger partial charge is 0.407 e. The molecule has 0 aliphatic heterocycles. The number of alkyl carbamates (subject to hydrolysis) is 1. The molecule has 1 atom stereocenters. The number of carboxylic acid groups (broad SMARTS) is 1. The molecule has 1 amide bonds. The van der Waals surface area contributed by atoms with Crippen molar-refractivity contribution < 1.29 is 19.4 Å². The summed E-state index contributed by atoms with van der Waals surface area (Å²) in [7, 11) is 0. The number of carbonyl (C=O) groups excluding carboxylic acids is 1. The minimum atomic E-state index is -1.10. The van der Waals surface area contributed by atoms with Crippen LogP contribution in [0.5, 0.6) is 0 Å². The molecule has 0 saturated heterocycles. The number of ether oxygens (including phenoxy) is 1. The number of thioether (sulfide) groups is 1. The maximum absolute atomic E-state index is 12.6. The number of fused-ring (bicyclic) bond motifs is 4. The first-order chi connectivity index (χ1) is 16.6. The van der Waals surface area contributed by atoms with Crippen molar-refractivity contribution in [1.82, 2.24) is 5.32 Å². The van der Waals surface area contributed by atoms with Crippen molar-refractivity contribution in [1.29, 1.82) is 0 Å².